The van der Waals surface area contributed by atoms with Gasteiger partial charge in [-0.25, -0.2) is 0 Å². The van der Waals surface area contributed by atoms with Gasteiger partial charge in [0.15, 0.2) is 0 Å². The predicted octanol–water partition coefficient (Wildman–Crippen LogP) is 4.06. The van der Waals surface area contributed by atoms with Gasteiger partial charge in [-0.3, -0.25) is 4.79 Å². The summed E-state index contributed by atoms with van der Waals surface area (Å²) < 4.78 is 0. The minimum atomic E-state index is -0.0311. The average molecular weight is 377 g/mol. The van der Waals surface area contributed by atoms with E-state index in [9.17, 15) is 9.90 Å². The van der Waals surface area contributed by atoms with E-state index in [-0.39, 0.29) is 11.7 Å². The van der Waals surface area contributed by atoms with Crippen LogP contribution in [-0.4, -0.2) is 42.1 Å². The molecule has 1 aliphatic rings. The minimum Gasteiger partial charge on any atom is -0.508 e. The molecule has 0 bridgehead atoms. The second-order valence-electron chi connectivity index (χ2n) is 5.83. The molecule has 6 heteroatoms. The number of amides is 1. The molecule has 0 aliphatic carbocycles. The number of anilines is 1. The summed E-state index contributed by atoms with van der Waals surface area (Å²) in [7, 11) is 0. The summed E-state index contributed by atoms with van der Waals surface area (Å²) in [6, 6.07) is 12.3. The Labute approximate surface area is 156 Å². The Hall–Kier alpha value is -2.17. The molecule has 130 valence electrons. The lowest BCUT2D eigenvalue weighted by atomic mass is 10.2. The van der Waals surface area contributed by atoms with Crippen molar-refractivity contribution in [2.75, 3.05) is 31.1 Å². The zero-order valence-corrected chi connectivity index (χ0v) is 15.0. The van der Waals surface area contributed by atoms with Crippen molar-refractivity contribution in [3.63, 3.8) is 0 Å². The van der Waals surface area contributed by atoms with Crippen molar-refractivity contribution in [2.45, 2.75) is 0 Å². The molecule has 2 aromatic rings. The highest BCUT2D eigenvalue weighted by Crippen LogP contribution is 2.22. The zero-order valence-electron chi connectivity index (χ0n) is 13.5. The monoisotopic (exact) mass is 376 g/mol. The number of hydrogen-bond donors (Lipinski definition) is 1. The maximum absolute atomic E-state index is 12.4. The number of piperazine rings is 1. The molecule has 0 saturated carbocycles. The highest BCUT2D eigenvalue weighted by atomic mass is 35.5. The van der Waals surface area contributed by atoms with Crippen molar-refractivity contribution in [1.82, 2.24) is 4.90 Å². The molecule has 1 saturated heterocycles. The number of rotatable bonds is 3. The number of nitrogens with zero attached hydrogens (tertiary/aromatic N) is 2. The van der Waals surface area contributed by atoms with Crippen LogP contribution in [0.5, 0.6) is 5.75 Å². The number of carbonyl (C=O) groups excluding carboxylic acids is 1. The molecule has 0 unspecified atom stereocenters. The summed E-state index contributed by atoms with van der Waals surface area (Å²) in [5.41, 5.74) is 1.82. The lowest BCUT2D eigenvalue weighted by Gasteiger charge is -2.35. The number of hydrogen-bond acceptors (Lipinski definition) is 3. The summed E-state index contributed by atoms with van der Waals surface area (Å²) in [5.74, 6) is 0.222. The van der Waals surface area contributed by atoms with E-state index in [1.165, 1.54) is 0 Å². The molecular weight excluding hydrogens is 359 g/mol. The van der Waals surface area contributed by atoms with Gasteiger partial charge in [0, 0.05) is 48.0 Å². The molecule has 2 aromatic carbocycles. The zero-order chi connectivity index (χ0) is 17.8. The van der Waals surface area contributed by atoms with Gasteiger partial charge in [0.2, 0.25) is 5.91 Å². The van der Waals surface area contributed by atoms with Crippen molar-refractivity contribution in [3.8, 4) is 5.75 Å². The van der Waals surface area contributed by atoms with Crippen LogP contribution >= 0.6 is 23.2 Å². The van der Waals surface area contributed by atoms with E-state index in [0.717, 1.165) is 24.3 Å². The van der Waals surface area contributed by atoms with Crippen molar-refractivity contribution in [3.05, 3.63) is 64.1 Å². The maximum Gasteiger partial charge on any atom is 0.246 e. The van der Waals surface area contributed by atoms with Crippen LogP contribution in [0.25, 0.3) is 6.08 Å². The van der Waals surface area contributed by atoms with Crippen LogP contribution in [0, 0.1) is 0 Å². The fourth-order valence-electron chi connectivity index (χ4n) is 2.75. The first kappa shape index (κ1) is 17.6. The lowest BCUT2D eigenvalue weighted by molar-refractivity contribution is -0.126. The van der Waals surface area contributed by atoms with Crippen molar-refractivity contribution in [1.29, 1.82) is 0 Å². The molecule has 0 aromatic heterocycles. The largest absolute Gasteiger partial charge is 0.508 e. The first-order chi connectivity index (χ1) is 12.0. The van der Waals surface area contributed by atoms with Gasteiger partial charge >= 0.3 is 0 Å². The summed E-state index contributed by atoms with van der Waals surface area (Å²) in [4.78, 5) is 16.4. The molecule has 0 spiro atoms. The number of phenolic OH excluding ortho intramolecular Hbond substituents is 1. The van der Waals surface area contributed by atoms with Crippen LogP contribution in [0.2, 0.25) is 10.0 Å². The van der Waals surface area contributed by atoms with Crippen LogP contribution in [0.4, 0.5) is 5.69 Å². The maximum atomic E-state index is 12.4. The Bertz CT molecular complexity index is 783. The van der Waals surface area contributed by atoms with Gasteiger partial charge in [-0.1, -0.05) is 29.3 Å². The SMILES string of the molecule is O=C(C=Cc1ccc(Cl)cc1Cl)N1CCN(c2ccc(O)cc2)CC1. The summed E-state index contributed by atoms with van der Waals surface area (Å²) >= 11 is 12.0. The normalized spacial score (nSPS) is 15.0. The third-order valence-electron chi connectivity index (χ3n) is 4.17. The summed E-state index contributed by atoms with van der Waals surface area (Å²) in [6.07, 6.45) is 3.26. The highest BCUT2D eigenvalue weighted by molar-refractivity contribution is 6.35. The first-order valence-electron chi connectivity index (χ1n) is 7.99. The number of benzene rings is 2. The van der Waals surface area contributed by atoms with E-state index in [4.69, 9.17) is 23.2 Å². The van der Waals surface area contributed by atoms with E-state index >= 15 is 0 Å². The number of phenols is 1. The molecule has 1 amide bonds. The van der Waals surface area contributed by atoms with Gasteiger partial charge in [-0.05, 0) is 48.0 Å². The summed E-state index contributed by atoms with van der Waals surface area (Å²) in [6.45, 7) is 2.81. The molecule has 1 N–H and O–H groups in total. The van der Waals surface area contributed by atoms with Crippen molar-refractivity contribution >= 4 is 40.9 Å². The van der Waals surface area contributed by atoms with Gasteiger partial charge < -0.3 is 14.9 Å². The van der Waals surface area contributed by atoms with Gasteiger partial charge in [0.1, 0.15) is 5.75 Å². The Morgan fingerprint density at radius 3 is 2.32 bits per heavy atom. The quantitative estimate of drug-likeness (QED) is 0.821. The van der Waals surface area contributed by atoms with Gasteiger partial charge in [-0.2, -0.15) is 0 Å². The molecule has 1 heterocycles. The topological polar surface area (TPSA) is 43.8 Å². The van der Waals surface area contributed by atoms with E-state index < -0.39 is 0 Å². The van der Waals surface area contributed by atoms with Crippen LogP contribution in [0.15, 0.2) is 48.5 Å². The highest BCUT2D eigenvalue weighted by Gasteiger charge is 2.19. The number of carbonyl (C=O) groups is 1. The fourth-order valence-corrected chi connectivity index (χ4v) is 3.22. The third-order valence-corrected chi connectivity index (χ3v) is 4.74. The predicted molar refractivity (Wildman–Crippen MR) is 102 cm³/mol. The van der Waals surface area contributed by atoms with Crippen LogP contribution in [0.1, 0.15) is 5.56 Å². The van der Waals surface area contributed by atoms with E-state index in [1.54, 1.807) is 42.5 Å². The third kappa shape index (κ3) is 4.47. The summed E-state index contributed by atoms with van der Waals surface area (Å²) in [5, 5.41) is 10.5. The van der Waals surface area contributed by atoms with Crippen LogP contribution in [0.3, 0.4) is 0 Å². The Morgan fingerprint density at radius 1 is 1.00 bits per heavy atom. The Kier molecular flexibility index (Phi) is 5.51. The first-order valence-corrected chi connectivity index (χ1v) is 8.74. The Balaban J connectivity index is 1.58. The minimum absolute atomic E-state index is 0.0311. The average Bonchev–Trinajstić information content (AvgIpc) is 2.61. The Morgan fingerprint density at radius 2 is 1.68 bits per heavy atom. The molecule has 25 heavy (non-hydrogen) atoms. The lowest BCUT2D eigenvalue weighted by Crippen LogP contribution is -2.48. The number of halogens is 2. The van der Waals surface area contributed by atoms with Gasteiger partial charge in [0.05, 0.1) is 0 Å². The van der Waals surface area contributed by atoms with Gasteiger partial charge in [-0.15, -0.1) is 0 Å². The standard InChI is InChI=1S/C19H18Cl2N2O2/c20-15-3-1-14(18(21)13-15)2-8-19(25)23-11-9-22(10-12-23)16-4-6-17(24)7-5-16/h1-8,13,24H,9-12H2. The molecule has 1 aliphatic heterocycles. The molecule has 0 radical (unpaired) electrons. The van der Waals surface area contributed by atoms with Crippen LogP contribution in [-0.2, 0) is 4.79 Å². The van der Waals surface area contributed by atoms with E-state index in [2.05, 4.69) is 4.90 Å². The molecular formula is C19H18Cl2N2O2. The molecule has 3 rings (SSSR count). The van der Waals surface area contributed by atoms with Gasteiger partial charge in [0.25, 0.3) is 0 Å². The van der Waals surface area contributed by atoms with Crippen LogP contribution < -0.4 is 4.90 Å². The van der Waals surface area contributed by atoms with E-state index in [1.807, 2.05) is 17.0 Å². The fraction of sp³-hybridized carbons (Fsp3) is 0.211. The molecule has 1 fully saturated rings. The van der Waals surface area contributed by atoms with Crippen molar-refractivity contribution < 1.29 is 9.90 Å². The second-order valence-corrected chi connectivity index (χ2v) is 6.67. The molecule has 4 nitrogen and oxygen atoms in total. The van der Waals surface area contributed by atoms with Crippen molar-refractivity contribution in [2.24, 2.45) is 0 Å². The van der Waals surface area contributed by atoms with E-state index in [0.29, 0.717) is 23.1 Å². The number of aromatic hydroxyl groups is 1. The smallest absolute Gasteiger partial charge is 0.246 e. The second kappa shape index (κ2) is 7.81. The molecule has 0 atom stereocenters.